The smallest absolute Gasteiger partial charge is 0.319 e. The van der Waals surface area contributed by atoms with Crippen molar-refractivity contribution in [1.82, 2.24) is 20.0 Å². The molecule has 3 fully saturated rings. The highest BCUT2D eigenvalue weighted by Crippen LogP contribution is 2.23. The molecule has 4 rings (SSSR count). The van der Waals surface area contributed by atoms with Crippen LogP contribution in [0.2, 0.25) is 0 Å². The number of carbonyl (C=O) groups is 3. The quantitative estimate of drug-likeness (QED) is 0.606. The number of likely N-dealkylation sites (tertiary alicyclic amines) is 3. The van der Waals surface area contributed by atoms with E-state index in [1.54, 1.807) is 0 Å². The highest BCUT2D eigenvalue weighted by molar-refractivity contribution is 5.96. The van der Waals surface area contributed by atoms with Crippen molar-refractivity contribution in [1.29, 1.82) is 0 Å². The average Bonchev–Trinajstić information content (AvgIpc) is 2.90. The molecule has 37 heavy (non-hydrogen) atoms. The Balaban J connectivity index is 1.39. The molecule has 1 aromatic rings. The summed E-state index contributed by atoms with van der Waals surface area (Å²) in [6, 6.07) is 5.02. The summed E-state index contributed by atoms with van der Waals surface area (Å²) >= 11 is 0. The lowest BCUT2D eigenvalue weighted by Crippen LogP contribution is -2.55. The molecule has 0 spiro atoms. The van der Waals surface area contributed by atoms with Crippen molar-refractivity contribution in [3.63, 3.8) is 0 Å². The molecule has 8 heteroatoms. The third-order valence-corrected chi connectivity index (χ3v) is 8.43. The van der Waals surface area contributed by atoms with Gasteiger partial charge in [-0.25, -0.2) is 4.79 Å². The van der Waals surface area contributed by atoms with Crippen LogP contribution < -0.4 is 10.6 Å². The number of anilines is 1. The summed E-state index contributed by atoms with van der Waals surface area (Å²) in [5.41, 5.74) is 2.77. The minimum atomic E-state index is -0.871. The molecule has 4 amide bonds. The monoisotopic (exact) mass is 511 g/mol. The fourth-order valence-electron chi connectivity index (χ4n) is 5.99. The van der Waals surface area contributed by atoms with E-state index in [0.29, 0.717) is 30.7 Å². The Morgan fingerprint density at radius 3 is 2.19 bits per heavy atom. The number of hydrogen-bond donors (Lipinski definition) is 2. The Kier molecular flexibility index (Phi) is 9.46. The summed E-state index contributed by atoms with van der Waals surface area (Å²) in [5, 5.41) is 5.74. The Labute approximate surface area is 222 Å². The fourth-order valence-corrected chi connectivity index (χ4v) is 5.99. The normalized spacial score (nSPS) is 20.9. The van der Waals surface area contributed by atoms with Crippen molar-refractivity contribution in [2.45, 2.75) is 84.2 Å². The van der Waals surface area contributed by atoms with Crippen LogP contribution in [0.25, 0.3) is 0 Å². The van der Waals surface area contributed by atoms with Gasteiger partial charge in [0.25, 0.3) is 0 Å². The van der Waals surface area contributed by atoms with E-state index in [0.717, 1.165) is 63.0 Å². The molecular formula is C29H45N5O3. The summed E-state index contributed by atoms with van der Waals surface area (Å²) in [7, 11) is 0. The van der Waals surface area contributed by atoms with Crippen LogP contribution in [-0.2, 0) is 9.59 Å². The topological polar surface area (TPSA) is 85.0 Å². The molecular weight excluding hydrogens is 466 g/mol. The minimum absolute atomic E-state index is 0.000429. The molecule has 1 unspecified atom stereocenters. The van der Waals surface area contributed by atoms with Crippen LogP contribution in [0.15, 0.2) is 18.2 Å². The van der Waals surface area contributed by atoms with Crippen LogP contribution in [-0.4, -0.2) is 83.9 Å². The second-order valence-electron chi connectivity index (χ2n) is 11.4. The first-order valence-corrected chi connectivity index (χ1v) is 14.3. The van der Waals surface area contributed by atoms with Gasteiger partial charge in [0.1, 0.15) is 6.04 Å². The second kappa shape index (κ2) is 12.8. The van der Waals surface area contributed by atoms with Gasteiger partial charge < -0.3 is 25.3 Å². The Hall–Kier alpha value is -2.61. The van der Waals surface area contributed by atoms with Gasteiger partial charge in [-0.05, 0) is 83.0 Å². The molecule has 0 aliphatic carbocycles. The number of rotatable bonds is 6. The first kappa shape index (κ1) is 27.4. The largest absolute Gasteiger partial charge is 0.343 e. The maximum atomic E-state index is 13.7. The zero-order chi connectivity index (χ0) is 26.4. The molecule has 204 valence electrons. The maximum absolute atomic E-state index is 13.7. The Morgan fingerprint density at radius 1 is 0.892 bits per heavy atom. The minimum Gasteiger partial charge on any atom is -0.343 e. The second-order valence-corrected chi connectivity index (χ2v) is 11.4. The van der Waals surface area contributed by atoms with Crippen molar-refractivity contribution in [3.05, 3.63) is 29.3 Å². The van der Waals surface area contributed by atoms with Gasteiger partial charge >= 0.3 is 6.03 Å². The summed E-state index contributed by atoms with van der Waals surface area (Å²) in [6.07, 6.45) is 7.70. The van der Waals surface area contributed by atoms with Gasteiger partial charge in [-0.3, -0.25) is 9.59 Å². The van der Waals surface area contributed by atoms with Gasteiger partial charge in [-0.2, -0.15) is 0 Å². The van der Waals surface area contributed by atoms with Gasteiger partial charge in [0.2, 0.25) is 11.8 Å². The van der Waals surface area contributed by atoms with Crippen LogP contribution >= 0.6 is 0 Å². The van der Waals surface area contributed by atoms with Crippen LogP contribution in [0.4, 0.5) is 10.5 Å². The number of piperidine rings is 3. The lowest BCUT2D eigenvalue weighted by atomic mass is 9.98. The van der Waals surface area contributed by atoms with Crippen molar-refractivity contribution in [2.75, 3.05) is 44.6 Å². The number of nitrogens with one attached hydrogen (secondary N) is 2. The molecule has 2 N–H and O–H groups in total. The van der Waals surface area contributed by atoms with Gasteiger partial charge in [0, 0.05) is 37.9 Å². The van der Waals surface area contributed by atoms with Crippen molar-refractivity contribution < 1.29 is 14.4 Å². The van der Waals surface area contributed by atoms with Crippen LogP contribution in [0.1, 0.15) is 69.4 Å². The van der Waals surface area contributed by atoms with Gasteiger partial charge in [0.05, 0.1) is 6.42 Å². The fraction of sp³-hybridized carbons (Fsp3) is 0.690. The number of amides is 4. The van der Waals surface area contributed by atoms with E-state index in [1.165, 1.54) is 19.3 Å². The highest BCUT2D eigenvalue weighted by atomic mass is 16.2. The molecule has 0 bridgehead atoms. The summed E-state index contributed by atoms with van der Waals surface area (Å²) < 4.78 is 0. The summed E-state index contributed by atoms with van der Waals surface area (Å²) in [4.78, 5) is 46.1. The number of nitrogens with zero attached hydrogens (tertiary/aromatic N) is 3. The molecule has 3 aliphatic heterocycles. The lowest BCUT2D eigenvalue weighted by Gasteiger charge is -2.41. The molecule has 1 aromatic carbocycles. The van der Waals surface area contributed by atoms with E-state index < -0.39 is 12.1 Å². The van der Waals surface area contributed by atoms with E-state index in [4.69, 9.17) is 0 Å². The summed E-state index contributed by atoms with van der Waals surface area (Å²) in [6.45, 7) is 11.3. The van der Waals surface area contributed by atoms with Gasteiger partial charge in [-0.1, -0.05) is 31.0 Å². The number of aryl methyl sites for hydroxylation is 2. The van der Waals surface area contributed by atoms with Crippen molar-refractivity contribution in [3.8, 4) is 0 Å². The van der Waals surface area contributed by atoms with Crippen LogP contribution in [0.3, 0.4) is 0 Å². The van der Waals surface area contributed by atoms with Crippen molar-refractivity contribution >= 4 is 23.5 Å². The zero-order valence-corrected chi connectivity index (χ0v) is 22.9. The molecule has 8 nitrogen and oxygen atoms in total. The van der Waals surface area contributed by atoms with Gasteiger partial charge in [-0.15, -0.1) is 0 Å². The first-order valence-electron chi connectivity index (χ1n) is 14.3. The molecule has 0 aromatic heterocycles. The third-order valence-electron chi connectivity index (χ3n) is 8.43. The molecule has 3 aliphatic rings. The first-order chi connectivity index (χ1) is 17.8. The zero-order valence-electron chi connectivity index (χ0n) is 22.9. The number of hydrogen-bond acceptors (Lipinski definition) is 4. The van der Waals surface area contributed by atoms with E-state index in [1.807, 2.05) is 41.8 Å². The SMILES string of the molecule is Cc1ccc(NC(=O)NC(CC(=O)N2CCC(C)CC2)C(=O)N2CCC(N3CCCCC3)CC2)c(C)c1. The number of urea groups is 1. The summed E-state index contributed by atoms with van der Waals surface area (Å²) in [5.74, 6) is 0.413. The van der Waals surface area contributed by atoms with E-state index in [2.05, 4.69) is 22.5 Å². The van der Waals surface area contributed by atoms with Gasteiger partial charge in [0.15, 0.2) is 0 Å². The predicted molar refractivity (Wildman–Crippen MR) is 146 cm³/mol. The Morgan fingerprint density at radius 2 is 1.54 bits per heavy atom. The highest BCUT2D eigenvalue weighted by Gasteiger charge is 2.34. The molecule has 3 saturated heterocycles. The van der Waals surface area contributed by atoms with Crippen LogP contribution in [0.5, 0.6) is 0 Å². The number of benzene rings is 1. The third kappa shape index (κ3) is 7.46. The van der Waals surface area contributed by atoms with Crippen LogP contribution in [0, 0.1) is 19.8 Å². The van der Waals surface area contributed by atoms with E-state index >= 15 is 0 Å². The predicted octanol–water partition coefficient (Wildman–Crippen LogP) is 3.92. The van der Waals surface area contributed by atoms with E-state index in [9.17, 15) is 14.4 Å². The lowest BCUT2D eigenvalue weighted by molar-refractivity contribution is -0.140. The molecule has 0 radical (unpaired) electrons. The maximum Gasteiger partial charge on any atom is 0.319 e. The average molecular weight is 512 g/mol. The standard InChI is InChI=1S/C29H45N5O3/c1-21-9-15-33(16-10-21)27(35)20-26(31-29(37)30-25-8-7-22(2)19-23(25)3)28(36)34-17-11-24(12-18-34)32-13-5-4-6-14-32/h7-8,19,21,24,26H,4-6,9-18,20H2,1-3H3,(H2,30,31,37). The van der Waals surface area contributed by atoms with E-state index in [-0.39, 0.29) is 18.2 Å². The molecule has 1 atom stereocenters. The number of carbonyl (C=O) groups excluding carboxylic acids is 3. The van der Waals surface area contributed by atoms with Crippen molar-refractivity contribution in [2.24, 2.45) is 5.92 Å². The Bertz CT molecular complexity index is 945. The molecule has 0 saturated carbocycles. The molecule has 3 heterocycles.